The smallest absolute Gasteiger partial charge is 0.318 e. The van der Waals surface area contributed by atoms with Crippen molar-refractivity contribution in [3.8, 4) is 0 Å². The quantitative estimate of drug-likeness (QED) is 0.563. The van der Waals surface area contributed by atoms with E-state index in [4.69, 9.17) is 14.0 Å². The van der Waals surface area contributed by atoms with E-state index in [-0.39, 0.29) is 11.9 Å². The van der Waals surface area contributed by atoms with E-state index in [1.807, 2.05) is 0 Å². The molecule has 1 aliphatic carbocycles. The van der Waals surface area contributed by atoms with Crippen LogP contribution in [-0.4, -0.2) is 36.9 Å². The van der Waals surface area contributed by atoms with Crippen LogP contribution in [0.3, 0.4) is 0 Å². The van der Waals surface area contributed by atoms with Gasteiger partial charge in [-0.15, -0.1) is 0 Å². The maximum absolute atomic E-state index is 12.0. The highest BCUT2D eigenvalue weighted by Gasteiger charge is 2.37. The molecule has 0 aromatic carbocycles. The van der Waals surface area contributed by atoms with E-state index in [0.717, 1.165) is 32.1 Å². The second kappa shape index (κ2) is 7.38. The van der Waals surface area contributed by atoms with Gasteiger partial charge in [0.25, 0.3) is 0 Å². The molecule has 0 radical (unpaired) electrons. The predicted octanol–water partition coefficient (Wildman–Crippen LogP) is 2.10. The number of hydrogen-bond acceptors (Lipinski definition) is 6. The van der Waals surface area contributed by atoms with Gasteiger partial charge >= 0.3 is 5.97 Å². The Balaban J connectivity index is 2.06. The highest BCUT2D eigenvalue weighted by molar-refractivity contribution is 5.77. The molecule has 0 spiro atoms. The van der Waals surface area contributed by atoms with Crippen molar-refractivity contribution in [2.45, 2.75) is 44.4 Å². The Bertz CT molecular complexity index is 427. The molecule has 1 aromatic rings. The Hall–Kier alpha value is -1.43. The van der Waals surface area contributed by atoms with Crippen LogP contribution in [-0.2, 0) is 20.7 Å². The number of nitrogens with zero attached hydrogens (tertiary/aromatic N) is 2. The van der Waals surface area contributed by atoms with Crippen molar-refractivity contribution < 1.29 is 18.8 Å². The van der Waals surface area contributed by atoms with E-state index in [2.05, 4.69) is 10.1 Å². The molecule has 1 unspecified atom stereocenters. The van der Waals surface area contributed by atoms with Crippen LogP contribution >= 0.6 is 0 Å². The van der Waals surface area contributed by atoms with E-state index in [1.54, 1.807) is 7.11 Å². The third-order valence-corrected chi connectivity index (χ3v) is 3.83. The maximum atomic E-state index is 12.0. The van der Waals surface area contributed by atoms with Crippen LogP contribution in [0.25, 0.3) is 0 Å². The fourth-order valence-electron chi connectivity index (χ4n) is 2.78. The molecule has 0 saturated heterocycles. The van der Waals surface area contributed by atoms with Crippen molar-refractivity contribution in [2.24, 2.45) is 5.92 Å². The molecule has 6 heteroatoms. The summed E-state index contributed by atoms with van der Waals surface area (Å²) in [6.07, 6.45) is 5.85. The van der Waals surface area contributed by atoms with Crippen molar-refractivity contribution in [3.05, 3.63) is 11.7 Å². The lowest BCUT2D eigenvalue weighted by Gasteiger charge is -2.16. The number of aryl methyl sites for hydroxylation is 1. The zero-order valence-corrected chi connectivity index (χ0v) is 12.1. The zero-order chi connectivity index (χ0) is 14.4. The summed E-state index contributed by atoms with van der Waals surface area (Å²) in [6.45, 7) is 0.660. The molecule has 1 heterocycles. The van der Waals surface area contributed by atoms with Crippen molar-refractivity contribution in [1.29, 1.82) is 0 Å². The van der Waals surface area contributed by atoms with Crippen LogP contribution in [0.2, 0.25) is 0 Å². The van der Waals surface area contributed by atoms with Crippen LogP contribution in [0.4, 0.5) is 0 Å². The van der Waals surface area contributed by atoms with E-state index in [9.17, 15) is 4.79 Å². The SMILES string of the molecule is COCCCc1noc(C(C(=O)OC)C2CCCC2)n1. The van der Waals surface area contributed by atoms with E-state index in [1.165, 1.54) is 7.11 Å². The summed E-state index contributed by atoms with van der Waals surface area (Å²) in [5.41, 5.74) is 0. The summed E-state index contributed by atoms with van der Waals surface area (Å²) in [5.74, 6) is 0.602. The number of esters is 1. The van der Waals surface area contributed by atoms with Gasteiger partial charge in [-0.25, -0.2) is 0 Å². The molecule has 0 amide bonds. The van der Waals surface area contributed by atoms with Crippen LogP contribution in [0.15, 0.2) is 4.52 Å². The number of hydrogen-bond donors (Lipinski definition) is 0. The summed E-state index contributed by atoms with van der Waals surface area (Å²) in [5, 5.41) is 3.95. The molecule has 1 aliphatic rings. The van der Waals surface area contributed by atoms with Gasteiger partial charge in [0, 0.05) is 20.1 Å². The predicted molar refractivity (Wildman–Crippen MR) is 71.2 cm³/mol. The third-order valence-electron chi connectivity index (χ3n) is 3.83. The molecule has 6 nitrogen and oxygen atoms in total. The molecule has 1 atom stereocenters. The minimum atomic E-state index is -0.411. The van der Waals surface area contributed by atoms with Crippen molar-refractivity contribution >= 4 is 5.97 Å². The number of rotatable bonds is 7. The van der Waals surface area contributed by atoms with Gasteiger partial charge in [0.15, 0.2) is 5.82 Å². The number of ether oxygens (including phenoxy) is 2. The lowest BCUT2D eigenvalue weighted by Crippen LogP contribution is -2.21. The number of aromatic nitrogens is 2. The molecule has 1 aromatic heterocycles. The molecule has 0 N–H and O–H groups in total. The Labute approximate surface area is 118 Å². The Morgan fingerprint density at radius 1 is 1.40 bits per heavy atom. The third kappa shape index (κ3) is 3.56. The van der Waals surface area contributed by atoms with Gasteiger partial charge in [0.2, 0.25) is 5.89 Å². The van der Waals surface area contributed by atoms with E-state index >= 15 is 0 Å². The van der Waals surface area contributed by atoms with Gasteiger partial charge in [-0.3, -0.25) is 4.79 Å². The lowest BCUT2D eigenvalue weighted by atomic mass is 9.91. The number of carbonyl (C=O) groups excluding carboxylic acids is 1. The lowest BCUT2D eigenvalue weighted by molar-refractivity contribution is -0.144. The van der Waals surface area contributed by atoms with Crippen molar-refractivity contribution in [2.75, 3.05) is 20.8 Å². The van der Waals surface area contributed by atoms with Crippen molar-refractivity contribution in [3.63, 3.8) is 0 Å². The van der Waals surface area contributed by atoms with Crippen molar-refractivity contribution in [1.82, 2.24) is 10.1 Å². The normalized spacial score (nSPS) is 17.3. The summed E-state index contributed by atoms with van der Waals surface area (Å²) in [6, 6.07) is 0. The van der Waals surface area contributed by atoms with Gasteiger partial charge in [-0.05, 0) is 25.2 Å². The summed E-state index contributed by atoms with van der Waals surface area (Å²) in [7, 11) is 3.06. The largest absolute Gasteiger partial charge is 0.468 e. The van der Waals surface area contributed by atoms with Gasteiger partial charge in [-0.1, -0.05) is 18.0 Å². The highest BCUT2D eigenvalue weighted by Crippen LogP contribution is 2.37. The van der Waals surface area contributed by atoms with E-state index in [0.29, 0.717) is 24.7 Å². The first-order chi connectivity index (χ1) is 9.76. The van der Waals surface area contributed by atoms with Crippen LogP contribution in [0.1, 0.15) is 49.7 Å². The van der Waals surface area contributed by atoms with Crippen LogP contribution in [0.5, 0.6) is 0 Å². The number of methoxy groups -OCH3 is 2. The Morgan fingerprint density at radius 2 is 2.15 bits per heavy atom. The topological polar surface area (TPSA) is 74.5 Å². The summed E-state index contributed by atoms with van der Waals surface area (Å²) >= 11 is 0. The van der Waals surface area contributed by atoms with Crippen LogP contribution in [0, 0.1) is 5.92 Å². The Morgan fingerprint density at radius 3 is 2.80 bits per heavy atom. The fraction of sp³-hybridized carbons (Fsp3) is 0.786. The van der Waals surface area contributed by atoms with Crippen LogP contribution < -0.4 is 0 Å². The second-order valence-corrected chi connectivity index (χ2v) is 5.19. The van der Waals surface area contributed by atoms with Gasteiger partial charge in [-0.2, -0.15) is 4.98 Å². The minimum Gasteiger partial charge on any atom is -0.468 e. The molecule has 20 heavy (non-hydrogen) atoms. The van der Waals surface area contributed by atoms with Gasteiger partial charge in [0.05, 0.1) is 7.11 Å². The first-order valence-electron chi connectivity index (χ1n) is 7.15. The molecule has 1 fully saturated rings. The molecule has 0 aliphatic heterocycles. The first-order valence-corrected chi connectivity index (χ1v) is 7.15. The standard InChI is InChI=1S/C14H22N2O4/c1-18-9-5-8-11-15-13(20-16-11)12(14(17)19-2)10-6-3-4-7-10/h10,12H,3-9H2,1-2H3. The second-order valence-electron chi connectivity index (χ2n) is 5.19. The Kier molecular flexibility index (Phi) is 5.52. The van der Waals surface area contributed by atoms with Gasteiger partial charge in [0.1, 0.15) is 5.92 Å². The first kappa shape index (κ1) is 15.0. The van der Waals surface area contributed by atoms with E-state index < -0.39 is 5.92 Å². The average Bonchev–Trinajstić information content (AvgIpc) is 3.12. The fourth-order valence-corrected chi connectivity index (χ4v) is 2.78. The number of carbonyl (C=O) groups is 1. The molecule has 112 valence electrons. The highest BCUT2D eigenvalue weighted by atomic mass is 16.5. The zero-order valence-electron chi connectivity index (χ0n) is 12.1. The molecular formula is C14H22N2O4. The average molecular weight is 282 g/mol. The monoisotopic (exact) mass is 282 g/mol. The molecule has 1 saturated carbocycles. The molecule has 0 bridgehead atoms. The molecular weight excluding hydrogens is 260 g/mol. The summed E-state index contributed by atoms with van der Waals surface area (Å²) < 4.78 is 15.2. The minimum absolute atomic E-state index is 0.259. The maximum Gasteiger partial charge on any atom is 0.318 e. The molecule has 2 rings (SSSR count). The van der Waals surface area contributed by atoms with Gasteiger partial charge < -0.3 is 14.0 Å². The summed E-state index contributed by atoms with van der Waals surface area (Å²) in [4.78, 5) is 16.4.